The van der Waals surface area contributed by atoms with Crippen LogP contribution < -0.4 is 4.74 Å². The molecule has 0 aromatic heterocycles. The zero-order valence-electron chi connectivity index (χ0n) is 13.7. The van der Waals surface area contributed by atoms with Gasteiger partial charge in [0.1, 0.15) is 12.4 Å². The van der Waals surface area contributed by atoms with Gasteiger partial charge in [-0.2, -0.15) is 0 Å². The van der Waals surface area contributed by atoms with E-state index in [4.69, 9.17) is 21.4 Å². The molecule has 0 saturated carbocycles. The molecule has 1 aliphatic heterocycles. The van der Waals surface area contributed by atoms with Crippen LogP contribution in [-0.2, 0) is 6.61 Å². The first-order chi connectivity index (χ1) is 12.4. The van der Waals surface area contributed by atoms with Gasteiger partial charge in [-0.05, 0) is 41.8 Å². The lowest BCUT2D eigenvalue weighted by atomic mass is 9.99. The number of nitrogens with zero attached hydrogens (tertiary/aromatic N) is 1. The Hall–Kier alpha value is -2.60. The van der Waals surface area contributed by atoms with Crippen LogP contribution in [0.1, 0.15) is 17.5 Å². The van der Waals surface area contributed by atoms with E-state index in [2.05, 4.69) is 0 Å². The summed E-state index contributed by atoms with van der Waals surface area (Å²) in [7, 11) is 0. The molecule has 7 heteroatoms. The first-order valence-corrected chi connectivity index (χ1v) is 8.35. The molecule has 136 valence electrons. The SMILES string of the molecule is O=C(O)N1CC=C(c2ccc(F)c(OCc3ccc(Cl)cc3F)c2)CC1. The highest BCUT2D eigenvalue weighted by Crippen LogP contribution is 2.28. The van der Waals surface area contributed by atoms with Crippen molar-refractivity contribution in [2.75, 3.05) is 13.1 Å². The molecule has 0 saturated heterocycles. The molecule has 0 bridgehead atoms. The minimum atomic E-state index is -0.964. The van der Waals surface area contributed by atoms with Crippen LogP contribution in [0.2, 0.25) is 5.02 Å². The van der Waals surface area contributed by atoms with E-state index >= 15 is 0 Å². The number of benzene rings is 2. The smallest absolute Gasteiger partial charge is 0.407 e. The molecule has 0 spiro atoms. The highest BCUT2D eigenvalue weighted by molar-refractivity contribution is 6.30. The average molecular weight is 380 g/mol. The lowest BCUT2D eigenvalue weighted by Gasteiger charge is -2.24. The van der Waals surface area contributed by atoms with E-state index < -0.39 is 17.7 Å². The van der Waals surface area contributed by atoms with Gasteiger partial charge in [0.2, 0.25) is 0 Å². The summed E-state index contributed by atoms with van der Waals surface area (Å²) in [5.74, 6) is -1.05. The molecule has 4 nitrogen and oxygen atoms in total. The van der Waals surface area contributed by atoms with Crippen molar-refractivity contribution in [3.63, 3.8) is 0 Å². The van der Waals surface area contributed by atoms with E-state index in [0.717, 1.165) is 11.1 Å². The Kier molecular flexibility index (Phi) is 5.42. The minimum absolute atomic E-state index is 0.0124. The number of halogens is 3. The van der Waals surface area contributed by atoms with Crippen LogP contribution in [0.3, 0.4) is 0 Å². The quantitative estimate of drug-likeness (QED) is 0.816. The van der Waals surface area contributed by atoms with E-state index in [1.807, 2.05) is 0 Å². The largest absolute Gasteiger partial charge is 0.486 e. The molecule has 0 fully saturated rings. The Bertz CT molecular complexity index is 870. The zero-order chi connectivity index (χ0) is 18.7. The van der Waals surface area contributed by atoms with Crippen LogP contribution in [0.25, 0.3) is 5.57 Å². The van der Waals surface area contributed by atoms with Crippen molar-refractivity contribution in [3.8, 4) is 5.75 Å². The first-order valence-electron chi connectivity index (χ1n) is 7.97. The number of hydrogen-bond donors (Lipinski definition) is 1. The maximum atomic E-state index is 14.0. The summed E-state index contributed by atoms with van der Waals surface area (Å²) in [6.45, 7) is 0.536. The van der Waals surface area contributed by atoms with Crippen LogP contribution >= 0.6 is 11.6 Å². The van der Waals surface area contributed by atoms with Gasteiger partial charge in [-0.25, -0.2) is 13.6 Å². The summed E-state index contributed by atoms with van der Waals surface area (Å²) in [4.78, 5) is 12.3. The summed E-state index contributed by atoms with van der Waals surface area (Å²) in [6.07, 6.45) is 1.37. The second kappa shape index (κ2) is 7.74. The summed E-state index contributed by atoms with van der Waals surface area (Å²) in [6, 6.07) is 8.65. The molecule has 0 radical (unpaired) electrons. The molecule has 2 aromatic carbocycles. The molecular formula is C19H16ClF2NO3. The number of rotatable bonds is 4. The van der Waals surface area contributed by atoms with Crippen LogP contribution in [0, 0.1) is 11.6 Å². The maximum Gasteiger partial charge on any atom is 0.407 e. The lowest BCUT2D eigenvalue weighted by Crippen LogP contribution is -2.33. The third kappa shape index (κ3) is 4.14. The summed E-state index contributed by atoms with van der Waals surface area (Å²) < 4.78 is 33.3. The van der Waals surface area contributed by atoms with Gasteiger partial charge in [-0.3, -0.25) is 0 Å². The summed E-state index contributed by atoms with van der Waals surface area (Å²) >= 11 is 5.71. The third-order valence-corrected chi connectivity index (χ3v) is 4.42. The Morgan fingerprint density at radius 3 is 2.65 bits per heavy atom. The van der Waals surface area contributed by atoms with Crippen molar-refractivity contribution in [1.29, 1.82) is 0 Å². The minimum Gasteiger partial charge on any atom is -0.486 e. The van der Waals surface area contributed by atoms with Crippen molar-refractivity contribution in [3.05, 3.63) is 70.3 Å². The van der Waals surface area contributed by atoms with Crippen molar-refractivity contribution < 1.29 is 23.4 Å². The second-order valence-corrected chi connectivity index (χ2v) is 6.31. The number of carbonyl (C=O) groups is 1. The fourth-order valence-corrected chi connectivity index (χ4v) is 2.87. The van der Waals surface area contributed by atoms with E-state index in [1.165, 1.54) is 29.2 Å². The van der Waals surface area contributed by atoms with E-state index in [9.17, 15) is 13.6 Å². The van der Waals surface area contributed by atoms with Crippen LogP contribution in [0.5, 0.6) is 5.75 Å². The number of carboxylic acid groups (broad SMARTS) is 1. The molecule has 3 rings (SSSR count). The predicted octanol–water partition coefficient (Wildman–Crippen LogP) is 4.96. The Morgan fingerprint density at radius 2 is 2.00 bits per heavy atom. The van der Waals surface area contributed by atoms with E-state index in [-0.39, 0.29) is 29.5 Å². The third-order valence-electron chi connectivity index (χ3n) is 4.18. The van der Waals surface area contributed by atoms with E-state index in [1.54, 1.807) is 18.2 Å². The molecule has 0 unspecified atom stereocenters. The number of ether oxygens (including phenoxy) is 1. The number of amides is 1. The van der Waals surface area contributed by atoms with Gasteiger partial charge in [0.05, 0.1) is 0 Å². The average Bonchev–Trinajstić information content (AvgIpc) is 2.62. The van der Waals surface area contributed by atoms with Crippen molar-refractivity contribution in [2.24, 2.45) is 0 Å². The molecule has 1 heterocycles. The Balaban J connectivity index is 1.75. The van der Waals surface area contributed by atoms with Crippen LogP contribution in [0.4, 0.5) is 13.6 Å². The van der Waals surface area contributed by atoms with Gasteiger partial charge >= 0.3 is 6.09 Å². The predicted molar refractivity (Wildman–Crippen MR) is 94.3 cm³/mol. The normalized spacial score (nSPS) is 14.1. The Labute approximate surface area is 154 Å². The van der Waals surface area contributed by atoms with Gasteiger partial charge in [0, 0.05) is 23.7 Å². The van der Waals surface area contributed by atoms with Crippen LogP contribution in [0.15, 0.2) is 42.5 Å². The summed E-state index contributed by atoms with van der Waals surface area (Å²) in [5, 5.41) is 9.26. The van der Waals surface area contributed by atoms with Gasteiger partial charge < -0.3 is 14.7 Å². The molecule has 1 N–H and O–H groups in total. The standard InChI is InChI=1S/C19H16ClF2NO3/c20-15-3-1-14(17(22)10-15)11-26-18-9-13(2-4-16(18)21)12-5-7-23(8-6-12)19(24)25/h1-5,9-10H,6-8,11H2,(H,24,25). The molecule has 26 heavy (non-hydrogen) atoms. The van der Waals surface area contributed by atoms with Gasteiger partial charge in [0.25, 0.3) is 0 Å². The molecule has 0 aliphatic carbocycles. The van der Waals surface area contributed by atoms with Crippen molar-refractivity contribution in [1.82, 2.24) is 4.90 Å². The van der Waals surface area contributed by atoms with Crippen molar-refractivity contribution >= 4 is 23.3 Å². The monoisotopic (exact) mass is 379 g/mol. The van der Waals surface area contributed by atoms with Gasteiger partial charge in [0.15, 0.2) is 11.6 Å². The molecule has 1 amide bonds. The highest BCUT2D eigenvalue weighted by atomic mass is 35.5. The molecule has 0 atom stereocenters. The first kappa shape index (κ1) is 18.2. The molecular weight excluding hydrogens is 364 g/mol. The van der Waals surface area contributed by atoms with Gasteiger partial charge in [-0.15, -0.1) is 0 Å². The summed E-state index contributed by atoms with van der Waals surface area (Å²) in [5.41, 5.74) is 1.95. The zero-order valence-corrected chi connectivity index (χ0v) is 14.5. The fourth-order valence-electron chi connectivity index (χ4n) is 2.71. The van der Waals surface area contributed by atoms with Crippen LogP contribution in [-0.4, -0.2) is 29.2 Å². The lowest BCUT2D eigenvalue weighted by molar-refractivity contribution is 0.150. The molecule has 1 aliphatic rings. The molecule has 2 aromatic rings. The topological polar surface area (TPSA) is 49.8 Å². The Morgan fingerprint density at radius 1 is 1.19 bits per heavy atom. The van der Waals surface area contributed by atoms with Crippen molar-refractivity contribution in [2.45, 2.75) is 13.0 Å². The second-order valence-electron chi connectivity index (χ2n) is 5.88. The fraction of sp³-hybridized carbons (Fsp3) is 0.211. The maximum absolute atomic E-state index is 14.0. The van der Waals surface area contributed by atoms with E-state index in [0.29, 0.717) is 13.0 Å². The highest BCUT2D eigenvalue weighted by Gasteiger charge is 2.18. The van der Waals surface area contributed by atoms with Gasteiger partial charge in [-0.1, -0.05) is 29.8 Å². The number of hydrogen-bond acceptors (Lipinski definition) is 2.